The number of anilines is 1. The summed E-state index contributed by atoms with van der Waals surface area (Å²) in [6.45, 7) is 3.71. The molecule has 3 aromatic rings. The number of amides is 2. The van der Waals surface area contributed by atoms with E-state index in [0.717, 1.165) is 18.1 Å². The fourth-order valence-corrected chi connectivity index (χ4v) is 4.07. The number of halogens is 1. The van der Waals surface area contributed by atoms with Crippen LogP contribution in [0.25, 0.3) is 0 Å². The van der Waals surface area contributed by atoms with Crippen LogP contribution in [0.4, 0.5) is 11.4 Å². The number of carbonyl (C=O) groups excluding carboxylic acids is 2. The Hall–Kier alpha value is -3.98. The minimum Gasteiger partial charge on any atom is -0.455 e. The molecule has 0 aliphatic heterocycles. The van der Waals surface area contributed by atoms with Crippen molar-refractivity contribution in [2.75, 3.05) is 5.32 Å². The van der Waals surface area contributed by atoms with Crippen molar-refractivity contribution in [3.63, 3.8) is 0 Å². The standard InChI is InChI=1S/C24H21ClN4O5/c1-13-5-3-6-16(11-13)26-24(31)22-14(2)21-18(7-4-8-20(21)34-22)27-28-23(30)15-9-10-17(25)19(12-15)29(32)33/h3,5-6,9-12H,4,7-8H2,1-2H3,(H,26,31)(H,28,30)/b27-18+. The molecule has 0 fully saturated rings. The van der Waals surface area contributed by atoms with Crippen LogP contribution in [0, 0.1) is 24.0 Å². The van der Waals surface area contributed by atoms with Crippen LogP contribution in [0.15, 0.2) is 52.0 Å². The number of hydrogen-bond acceptors (Lipinski definition) is 6. The van der Waals surface area contributed by atoms with Crippen LogP contribution in [0.2, 0.25) is 5.02 Å². The zero-order valence-corrected chi connectivity index (χ0v) is 19.2. The molecular formula is C24H21ClN4O5. The fourth-order valence-electron chi connectivity index (χ4n) is 3.88. The number of hydrogen-bond donors (Lipinski definition) is 2. The first kappa shape index (κ1) is 23.2. The van der Waals surface area contributed by atoms with Crippen molar-refractivity contribution in [2.24, 2.45) is 5.10 Å². The zero-order valence-electron chi connectivity index (χ0n) is 18.5. The number of nitro groups is 1. The Morgan fingerprint density at radius 1 is 1.12 bits per heavy atom. The highest BCUT2D eigenvalue weighted by molar-refractivity contribution is 6.32. The third-order valence-corrected chi connectivity index (χ3v) is 5.82. The predicted octanol–water partition coefficient (Wildman–Crippen LogP) is 5.18. The summed E-state index contributed by atoms with van der Waals surface area (Å²) in [5.41, 5.74) is 5.73. The van der Waals surface area contributed by atoms with Gasteiger partial charge in [-0.25, -0.2) is 5.43 Å². The van der Waals surface area contributed by atoms with Gasteiger partial charge in [-0.05, 0) is 56.5 Å². The molecule has 9 nitrogen and oxygen atoms in total. The monoisotopic (exact) mass is 480 g/mol. The van der Waals surface area contributed by atoms with Crippen molar-refractivity contribution in [1.82, 2.24) is 5.43 Å². The Morgan fingerprint density at radius 2 is 1.91 bits per heavy atom. The molecule has 0 saturated heterocycles. The molecule has 0 radical (unpaired) electrons. The van der Waals surface area contributed by atoms with E-state index in [1.807, 2.05) is 25.1 Å². The van der Waals surface area contributed by atoms with Crippen LogP contribution >= 0.6 is 11.6 Å². The van der Waals surface area contributed by atoms with E-state index in [1.165, 1.54) is 12.1 Å². The number of nitrogens with zero attached hydrogens (tertiary/aromatic N) is 2. The number of rotatable bonds is 5. The molecule has 174 valence electrons. The highest BCUT2D eigenvalue weighted by atomic mass is 35.5. The van der Waals surface area contributed by atoms with Crippen molar-refractivity contribution in [2.45, 2.75) is 33.1 Å². The summed E-state index contributed by atoms with van der Waals surface area (Å²) in [5.74, 6) is -0.152. The third-order valence-electron chi connectivity index (χ3n) is 5.51. The first-order valence-corrected chi connectivity index (χ1v) is 10.9. The van der Waals surface area contributed by atoms with E-state index in [1.54, 1.807) is 13.0 Å². The highest BCUT2D eigenvalue weighted by Gasteiger charge is 2.28. The van der Waals surface area contributed by atoms with Crippen LogP contribution in [0.5, 0.6) is 0 Å². The van der Waals surface area contributed by atoms with Crippen LogP contribution in [-0.2, 0) is 6.42 Å². The first-order chi connectivity index (χ1) is 16.2. The molecule has 0 unspecified atom stereocenters. The molecule has 0 bridgehead atoms. The largest absolute Gasteiger partial charge is 0.455 e. The maximum absolute atomic E-state index is 12.9. The first-order valence-electron chi connectivity index (χ1n) is 10.6. The summed E-state index contributed by atoms with van der Waals surface area (Å²) < 4.78 is 5.88. The van der Waals surface area contributed by atoms with Gasteiger partial charge < -0.3 is 9.73 Å². The lowest BCUT2D eigenvalue weighted by Crippen LogP contribution is -2.22. The van der Waals surface area contributed by atoms with Gasteiger partial charge in [-0.1, -0.05) is 23.7 Å². The van der Waals surface area contributed by atoms with Gasteiger partial charge in [0.25, 0.3) is 17.5 Å². The number of hydrazone groups is 1. The molecule has 4 rings (SSSR count). The summed E-state index contributed by atoms with van der Waals surface area (Å²) in [5, 5.41) is 18.1. The molecule has 34 heavy (non-hydrogen) atoms. The lowest BCUT2D eigenvalue weighted by Gasteiger charge is -2.13. The topological polar surface area (TPSA) is 127 Å². The lowest BCUT2D eigenvalue weighted by atomic mass is 9.93. The number of furan rings is 1. The minimum atomic E-state index is -0.656. The van der Waals surface area contributed by atoms with Crippen molar-refractivity contribution in [1.29, 1.82) is 0 Å². The molecule has 0 atom stereocenters. The maximum Gasteiger partial charge on any atom is 0.291 e. The molecule has 2 amide bonds. The number of carbonyl (C=O) groups is 2. The van der Waals surface area contributed by atoms with Gasteiger partial charge in [0.1, 0.15) is 10.8 Å². The number of aryl methyl sites for hydroxylation is 2. The second kappa shape index (κ2) is 9.48. The van der Waals surface area contributed by atoms with Gasteiger partial charge in [0, 0.05) is 34.9 Å². The summed E-state index contributed by atoms with van der Waals surface area (Å²) in [6.07, 6.45) is 1.96. The van der Waals surface area contributed by atoms with Gasteiger partial charge in [-0.3, -0.25) is 19.7 Å². The number of nitrogens with one attached hydrogen (secondary N) is 2. The van der Waals surface area contributed by atoms with Crippen LogP contribution in [0.1, 0.15) is 56.2 Å². The fraction of sp³-hybridized carbons (Fsp3) is 0.208. The van der Waals surface area contributed by atoms with Crippen molar-refractivity contribution >= 4 is 40.5 Å². The Balaban J connectivity index is 1.57. The normalized spacial score (nSPS) is 13.9. The van der Waals surface area contributed by atoms with Gasteiger partial charge in [0.05, 0.1) is 10.6 Å². The van der Waals surface area contributed by atoms with E-state index in [0.29, 0.717) is 41.1 Å². The van der Waals surface area contributed by atoms with E-state index in [9.17, 15) is 19.7 Å². The van der Waals surface area contributed by atoms with Crippen molar-refractivity contribution < 1.29 is 18.9 Å². The molecule has 1 heterocycles. The van der Waals surface area contributed by atoms with E-state index in [-0.39, 0.29) is 27.9 Å². The Labute approximate surface area is 199 Å². The average Bonchev–Trinajstić information content (AvgIpc) is 3.15. The molecule has 0 saturated carbocycles. The number of fused-ring (bicyclic) bond motifs is 1. The van der Waals surface area contributed by atoms with Crippen molar-refractivity contribution in [3.8, 4) is 0 Å². The third kappa shape index (κ3) is 4.69. The van der Waals surface area contributed by atoms with Gasteiger partial charge in [-0.15, -0.1) is 0 Å². The van der Waals surface area contributed by atoms with Gasteiger partial charge in [-0.2, -0.15) is 5.10 Å². The number of benzene rings is 2. The average molecular weight is 481 g/mol. The SMILES string of the molecule is Cc1cccc(NC(=O)c2oc3c(c2C)/C(=N/NC(=O)c2ccc(Cl)c([N+](=O)[O-])c2)CCC3)c1. The summed E-state index contributed by atoms with van der Waals surface area (Å²) in [4.78, 5) is 35.8. The highest BCUT2D eigenvalue weighted by Crippen LogP contribution is 2.30. The smallest absolute Gasteiger partial charge is 0.291 e. The molecule has 1 aliphatic carbocycles. The van der Waals surface area contributed by atoms with Crippen molar-refractivity contribution in [3.05, 3.63) is 91.4 Å². The number of nitro benzene ring substituents is 1. The van der Waals surface area contributed by atoms with Crippen LogP contribution in [0.3, 0.4) is 0 Å². The van der Waals surface area contributed by atoms with Gasteiger partial charge >= 0.3 is 0 Å². The molecule has 0 spiro atoms. The predicted molar refractivity (Wildman–Crippen MR) is 128 cm³/mol. The van der Waals surface area contributed by atoms with E-state index in [2.05, 4.69) is 15.8 Å². The Morgan fingerprint density at radius 3 is 2.65 bits per heavy atom. The Kier molecular flexibility index (Phi) is 6.47. The quantitative estimate of drug-likeness (QED) is 0.384. The molecular weight excluding hydrogens is 460 g/mol. The van der Waals surface area contributed by atoms with E-state index < -0.39 is 10.8 Å². The molecule has 2 N–H and O–H groups in total. The van der Waals surface area contributed by atoms with Gasteiger partial charge in [0.15, 0.2) is 5.76 Å². The lowest BCUT2D eigenvalue weighted by molar-refractivity contribution is -0.384. The molecule has 1 aliphatic rings. The minimum absolute atomic E-state index is 0.0543. The van der Waals surface area contributed by atoms with E-state index >= 15 is 0 Å². The summed E-state index contributed by atoms with van der Waals surface area (Å²) >= 11 is 5.81. The summed E-state index contributed by atoms with van der Waals surface area (Å²) in [7, 11) is 0. The van der Waals surface area contributed by atoms with Gasteiger partial charge in [0.2, 0.25) is 0 Å². The van der Waals surface area contributed by atoms with Crippen LogP contribution in [-0.4, -0.2) is 22.4 Å². The Bertz CT molecular complexity index is 1350. The second-order valence-electron chi connectivity index (χ2n) is 7.95. The summed E-state index contributed by atoms with van der Waals surface area (Å²) in [6, 6.07) is 11.2. The zero-order chi connectivity index (χ0) is 24.4. The molecule has 2 aromatic carbocycles. The second-order valence-corrected chi connectivity index (χ2v) is 8.36. The molecule has 1 aromatic heterocycles. The van der Waals surface area contributed by atoms with Crippen LogP contribution < -0.4 is 10.7 Å². The van der Waals surface area contributed by atoms with E-state index in [4.69, 9.17) is 16.0 Å². The molecule has 10 heteroatoms. The maximum atomic E-state index is 12.9.